The zero-order valence-corrected chi connectivity index (χ0v) is 11.6. The lowest BCUT2D eigenvalue weighted by Gasteiger charge is -2.10. The van der Waals surface area contributed by atoms with E-state index < -0.39 is 0 Å². The number of rotatable bonds is 11. The van der Waals surface area contributed by atoms with Crippen LogP contribution in [0.25, 0.3) is 0 Å². The van der Waals surface area contributed by atoms with Crippen molar-refractivity contribution in [1.82, 2.24) is 10.6 Å². The van der Waals surface area contributed by atoms with Crippen LogP contribution in [0.15, 0.2) is 0 Å². The van der Waals surface area contributed by atoms with Gasteiger partial charge >= 0.3 is 0 Å². The molecule has 0 heterocycles. The molecule has 0 aliphatic heterocycles. The molecule has 0 spiro atoms. The molecule has 2 rings (SSSR count). The van der Waals surface area contributed by atoms with Crippen LogP contribution in [0.3, 0.4) is 0 Å². The van der Waals surface area contributed by atoms with E-state index >= 15 is 0 Å². The van der Waals surface area contributed by atoms with Gasteiger partial charge in [-0.15, -0.1) is 0 Å². The molecule has 2 aliphatic rings. The molecule has 18 heavy (non-hydrogen) atoms. The predicted octanol–water partition coefficient (Wildman–Crippen LogP) is 0.709. The number of nitrogens with two attached hydrogens (primary N) is 2. The summed E-state index contributed by atoms with van der Waals surface area (Å²) in [5.74, 6) is 0. The lowest BCUT2D eigenvalue weighted by Crippen LogP contribution is -2.29. The maximum Gasteiger partial charge on any atom is 0.0167 e. The van der Waals surface area contributed by atoms with E-state index in [1.54, 1.807) is 0 Å². The molecule has 0 bridgehead atoms. The summed E-state index contributed by atoms with van der Waals surface area (Å²) in [5, 5.41) is 6.96. The first-order chi connectivity index (χ1) is 8.62. The zero-order chi connectivity index (χ0) is 12.9. The van der Waals surface area contributed by atoms with E-state index in [0.29, 0.717) is 0 Å². The van der Waals surface area contributed by atoms with Crippen LogP contribution in [0.4, 0.5) is 0 Å². The summed E-state index contributed by atoms with van der Waals surface area (Å²) in [5.41, 5.74) is 12.5. The van der Waals surface area contributed by atoms with Gasteiger partial charge in [-0.1, -0.05) is 0 Å². The highest BCUT2D eigenvalue weighted by atomic mass is 14.9. The Bertz CT molecular complexity index is 220. The summed E-state index contributed by atoms with van der Waals surface area (Å²) in [4.78, 5) is 0. The average molecular weight is 254 g/mol. The Morgan fingerprint density at radius 3 is 1.39 bits per heavy atom. The van der Waals surface area contributed by atoms with Gasteiger partial charge in [0, 0.05) is 11.1 Å². The van der Waals surface area contributed by atoms with Crippen LogP contribution in [-0.2, 0) is 0 Å². The van der Waals surface area contributed by atoms with Crippen molar-refractivity contribution >= 4 is 0 Å². The second-order valence-corrected chi connectivity index (χ2v) is 6.43. The van der Waals surface area contributed by atoms with Crippen molar-refractivity contribution in [3.8, 4) is 0 Å². The second kappa shape index (κ2) is 6.33. The third kappa shape index (κ3) is 5.65. The molecule has 0 atom stereocenters. The van der Waals surface area contributed by atoms with Crippen molar-refractivity contribution < 1.29 is 0 Å². The predicted molar refractivity (Wildman–Crippen MR) is 76.5 cm³/mol. The van der Waals surface area contributed by atoms with E-state index in [-0.39, 0.29) is 11.1 Å². The molecule has 0 radical (unpaired) electrons. The summed E-state index contributed by atoms with van der Waals surface area (Å²) in [6, 6.07) is 0. The molecule has 2 aliphatic carbocycles. The maximum atomic E-state index is 6.02. The van der Waals surface area contributed by atoms with Crippen LogP contribution >= 0.6 is 0 Å². The Kier molecular flexibility index (Phi) is 5.01. The fourth-order valence-corrected chi connectivity index (χ4v) is 2.25. The topological polar surface area (TPSA) is 76.1 Å². The van der Waals surface area contributed by atoms with E-state index in [0.717, 1.165) is 39.0 Å². The summed E-state index contributed by atoms with van der Waals surface area (Å²) in [6.07, 6.45) is 9.68. The van der Waals surface area contributed by atoms with Gasteiger partial charge < -0.3 is 22.1 Å². The number of hydrogen-bond acceptors (Lipinski definition) is 4. The number of nitrogens with one attached hydrogen (secondary N) is 2. The standard InChI is InChI=1S/C14H30N4/c15-13(3-4-13)7-11-17-9-1-2-10-18-12-8-14(16)5-6-14/h17-18H,1-12,15-16H2. The van der Waals surface area contributed by atoms with Crippen LogP contribution in [-0.4, -0.2) is 37.3 Å². The minimum atomic E-state index is 0.204. The van der Waals surface area contributed by atoms with Crippen molar-refractivity contribution in [2.24, 2.45) is 11.5 Å². The highest BCUT2D eigenvalue weighted by Gasteiger charge is 2.37. The van der Waals surface area contributed by atoms with E-state index in [1.807, 2.05) is 0 Å². The first kappa shape index (κ1) is 14.3. The normalized spacial score (nSPS) is 23.0. The van der Waals surface area contributed by atoms with Crippen molar-refractivity contribution in [3.05, 3.63) is 0 Å². The third-order valence-electron chi connectivity index (χ3n) is 4.34. The highest BCUT2D eigenvalue weighted by Crippen LogP contribution is 2.35. The molecule has 0 amide bonds. The average Bonchev–Trinajstić information content (AvgIpc) is 3.24. The van der Waals surface area contributed by atoms with Crippen molar-refractivity contribution in [2.75, 3.05) is 26.2 Å². The second-order valence-electron chi connectivity index (χ2n) is 6.43. The molecule has 4 nitrogen and oxygen atoms in total. The van der Waals surface area contributed by atoms with Crippen molar-refractivity contribution in [1.29, 1.82) is 0 Å². The summed E-state index contributed by atoms with van der Waals surface area (Å²) >= 11 is 0. The molecule has 2 fully saturated rings. The molecule has 0 aromatic heterocycles. The minimum absolute atomic E-state index is 0.204. The number of hydrogen-bond donors (Lipinski definition) is 4. The van der Waals surface area contributed by atoms with E-state index in [4.69, 9.17) is 11.5 Å². The third-order valence-corrected chi connectivity index (χ3v) is 4.34. The summed E-state index contributed by atoms with van der Waals surface area (Å²) in [6.45, 7) is 4.41. The molecule has 0 aromatic carbocycles. The molecule has 0 aromatic rings. The first-order valence-corrected chi connectivity index (χ1v) is 7.61. The lowest BCUT2D eigenvalue weighted by atomic mass is 10.2. The Morgan fingerprint density at radius 1 is 0.667 bits per heavy atom. The fourth-order valence-electron chi connectivity index (χ4n) is 2.25. The van der Waals surface area contributed by atoms with Crippen LogP contribution in [0.1, 0.15) is 51.4 Å². The van der Waals surface area contributed by atoms with Gasteiger partial charge in [0.2, 0.25) is 0 Å². The summed E-state index contributed by atoms with van der Waals surface area (Å²) < 4.78 is 0. The van der Waals surface area contributed by atoms with E-state index in [2.05, 4.69) is 10.6 Å². The molecule has 0 saturated heterocycles. The molecule has 2 saturated carbocycles. The van der Waals surface area contributed by atoms with Gasteiger partial charge in [-0.05, 0) is 77.5 Å². The highest BCUT2D eigenvalue weighted by molar-refractivity contribution is 4.99. The molecule has 106 valence electrons. The molecular weight excluding hydrogens is 224 g/mol. The molecule has 6 N–H and O–H groups in total. The van der Waals surface area contributed by atoms with Crippen LogP contribution < -0.4 is 22.1 Å². The van der Waals surface area contributed by atoms with Gasteiger partial charge in [0.05, 0.1) is 0 Å². The van der Waals surface area contributed by atoms with Crippen LogP contribution in [0.5, 0.6) is 0 Å². The smallest absolute Gasteiger partial charge is 0.0167 e. The largest absolute Gasteiger partial charge is 0.325 e. The van der Waals surface area contributed by atoms with Gasteiger partial charge in [-0.3, -0.25) is 0 Å². The van der Waals surface area contributed by atoms with E-state index in [1.165, 1.54) is 38.5 Å². The van der Waals surface area contributed by atoms with Gasteiger partial charge in [-0.2, -0.15) is 0 Å². The van der Waals surface area contributed by atoms with Crippen LogP contribution in [0.2, 0.25) is 0 Å². The SMILES string of the molecule is NC1(CCNCCCCNCCC2(N)CC2)CC1. The van der Waals surface area contributed by atoms with Gasteiger partial charge in [0.25, 0.3) is 0 Å². The fraction of sp³-hybridized carbons (Fsp3) is 1.00. The Morgan fingerprint density at radius 2 is 1.06 bits per heavy atom. The molecule has 4 heteroatoms. The summed E-state index contributed by atoms with van der Waals surface area (Å²) in [7, 11) is 0. The monoisotopic (exact) mass is 254 g/mol. The van der Waals surface area contributed by atoms with Crippen molar-refractivity contribution in [2.45, 2.75) is 62.4 Å². The van der Waals surface area contributed by atoms with Crippen molar-refractivity contribution in [3.63, 3.8) is 0 Å². The van der Waals surface area contributed by atoms with Gasteiger partial charge in [0.15, 0.2) is 0 Å². The Balaban J connectivity index is 1.27. The molecule has 0 unspecified atom stereocenters. The minimum Gasteiger partial charge on any atom is -0.325 e. The zero-order valence-electron chi connectivity index (χ0n) is 11.6. The Labute approximate surface area is 111 Å². The van der Waals surface area contributed by atoms with Gasteiger partial charge in [-0.25, -0.2) is 0 Å². The number of unbranched alkanes of at least 4 members (excludes halogenated alkanes) is 1. The first-order valence-electron chi connectivity index (χ1n) is 7.61. The van der Waals surface area contributed by atoms with Gasteiger partial charge in [0.1, 0.15) is 0 Å². The quantitative estimate of drug-likeness (QED) is 0.410. The van der Waals surface area contributed by atoms with Crippen LogP contribution in [0, 0.1) is 0 Å². The van der Waals surface area contributed by atoms with E-state index in [9.17, 15) is 0 Å². The Hall–Kier alpha value is -0.160. The molecular formula is C14H30N4. The lowest BCUT2D eigenvalue weighted by molar-refractivity contribution is 0.518. The maximum absolute atomic E-state index is 6.02.